The Morgan fingerprint density at radius 3 is 2.84 bits per heavy atom. The lowest BCUT2D eigenvalue weighted by molar-refractivity contribution is -0.149. The van der Waals surface area contributed by atoms with E-state index in [0.29, 0.717) is 32.5 Å². The zero-order chi connectivity index (χ0) is 13.9. The minimum absolute atomic E-state index is 0.0695. The molecular weight excluding hydrogens is 246 g/mol. The fourth-order valence-corrected chi connectivity index (χ4v) is 3.22. The quantitative estimate of drug-likeness (QED) is 0.840. The minimum Gasteiger partial charge on any atom is -0.481 e. The first-order valence-corrected chi connectivity index (χ1v) is 7.19. The Balaban J connectivity index is 1.99. The molecule has 1 N–H and O–H groups in total. The van der Waals surface area contributed by atoms with Gasteiger partial charge in [0.1, 0.15) is 0 Å². The van der Waals surface area contributed by atoms with Gasteiger partial charge in [0.25, 0.3) is 0 Å². The van der Waals surface area contributed by atoms with Crippen molar-refractivity contribution in [1.29, 1.82) is 0 Å². The molecule has 0 aromatic carbocycles. The smallest absolute Gasteiger partial charge is 0.311 e. The Morgan fingerprint density at radius 2 is 2.26 bits per heavy atom. The molecule has 2 saturated heterocycles. The maximum Gasteiger partial charge on any atom is 0.311 e. The fraction of sp³-hybridized carbons (Fsp3) is 0.857. The van der Waals surface area contributed by atoms with Gasteiger partial charge in [0.2, 0.25) is 5.91 Å². The number of amides is 1. The Kier molecular flexibility index (Phi) is 4.45. The molecule has 0 spiro atoms. The maximum atomic E-state index is 12.4. The summed E-state index contributed by atoms with van der Waals surface area (Å²) in [6, 6.07) is 0. The maximum absolute atomic E-state index is 12.4. The molecule has 0 bridgehead atoms. The van der Waals surface area contributed by atoms with Crippen molar-refractivity contribution in [2.24, 2.45) is 11.3 Å². The van der Waals surface area contributed by atoms with Gasteiger partial charge in [0.15, 0.2) is 0 Å². The molecule has 19 heavy (non-hydrogen) atoms. The third kappa shape index (κ3) is 2.91. The van der Waals surface area contributed by atoms with Crippen LogP contribution in [0, 0.1) is 11.3 Å². The zero-order valence-corrected chi connectivity index (χ0v) is 11.6. The van der Waals surface area contributed by atoms with Crippen molar-refractivity contribution in [2.75, 3.05) is 26.3 Å². The van der Waals surface area contributed by atoms with Gasteiger partial charge in [-0.25, -0.2) is 0 Å². The van der Waals surface area contributed by atoms with Crippen molar-refractivity contribution in [3.63, 3.8) is 0 Å². The molecule has 5 heteroatoms. The molecule has 2 unspecified atom stereocenters. The summed E-state index contributed by atoms with van der Waals surface area (Å²) in [5.41, 5.74) is -0.722. The van der Waals surface area contributed by atoms with E-state index < -0.39 is 11.4 Å². The highest BCUT2D eigenvalue weighted by molar-refractivity contribution is 5.82. The molecule has 108 valence electrons. The standard InChI is InChI=1S/C14H23NO4/c1-2-5-14(13(17)18)6-7-15(10-14)12(16)11-4-3-8-19-9-11/h11H,2-10H2,1H3,(H,17,18). The second kappa shape index (κ2) is 5.90. The second-order valence-electron chi connectivity index (χ2n) is 5.76. The normalized spacial score (nSPS) is 31.4. The van der Waals surface area contributed by atoms with Crippen molar-refractivity contribution in [3.05, 3.63) is 0 Å². The first-order valence-electron chi connectivity index (χ1n) is 7.19. The monoisotopic (exact) mass is 269 g/mol. The van der Waals surface area contributed by atoms with E-state index in [4.69, 9.17) is 4.74 Å². The summed E-state index contributed by atoms with van der Waals surface area (Å²) in [6.45, 7) is 4.15. The van der Waals surface area contributed by atoms with Crippen LogP contribution in [0.1, 0.15) is 39.0 Å². The predicted octanol–water partition coefficient (Wildman–Crippen LogP) is 1.52. The van der Waals surface area contributed by atoms with Crippen molar-refractivity contribution in [1.82, 2.24) is 4.90 Å². The molecule has 2 fully saturated rings. The number of likely N-dealkylation sites (tertiary alicyclic amines) is 1. The summed E-state index contributed by atoms with van der Waals surface area (Å²) in [7, 11) is 0. The van der Waals surface area contributed by atoms with Gasteiger partial charge in [-0.1, -0.05) is 13.3 Å². The van der Waals surface area contributed by atoms with Crippen LogP contribution in [0.4, 0.5) is 0 Å². The van der Waals surface area contributed by atoms with Crippen LogP contribution in [0.2, 0.25) is 0 Å². The molecule has 0 aromatic heterocycles. The van der Waals surface area contributed by atoms with E-state index in [1.807, 2.05) is 6.92 Å². The second-order valence-corrected chi connectivity index (χ2v) is 5.76. The lowest BCUT2D eigenvalue weighted by Gasteiger charge is -2.28. The van der Waals surface area contributed by atoms with Crippen molar-refractivity contribution >= 4 is 11.9 Å². The van der Waals surface area contributed by atoms with Crippen LogP contribution in [0.25, 0.3) is 0 Å². The summed E-state index contributed by atoms with van der Waals surface area (Å²) in [6.07, 6.45) is 3.84. The number of ether oxygens (including phenoxy) is 1. The van der Waals surface area contributed by atoms with E-state index in [9.17, 15) is 14.7 Å². The predicted molar refractivity (Wildman–Crippen MR) is 69.7 cm³/mol. The van der Waals surface area contributed by atoms with Gasteiger partial charge in [0, 0.05) is 19.7 Å². The summed E-state index contributed by atoms with van der Waals surface area (Å²) in [5, 5.41) is 9.44. The molecule has 0 saturated carbocycles. The Bertz CT molecular complexity index is 351. The zero-order valence-electron chi connectivity index (χ0n) is 11.6. The first kappa shape index (κ1) is 14.3. The molecule has 0 aliphatic carbocycles. The highest BCUT2D eigenvalue weighted by Gasteiger charge is 2.46. The Labute approximate surface area is 113 Å². The molecule has 2 heterocycles. The number of aliphatic carboxylic acids is 1. The van der Waals surface area contributed by atoms with Crippen molar-refractivity contribution in [2.45, 2.75) is 39.0 Å². The van der Waals surface area contributed by atoms with Gasteiger partial charge in [-0.05, 0) is 25.7 Å². The van der Waals surface area contributed by atoms with Crippen LogP contribution in [0.15, 0.2) is 0 Å². The van der Waals surface area contributed by atoms with Gasteiger partial charge >= 0.3 is 5.97 Å². The van der Waals surface area contributed by atoms with Crippen LogP contribution in [0.5, 0.6) is 0 Å². The molecule has 0 radical (unpaired) electrons. The molecule has 5 nitrogen and oxygen atoms in total. The molecule has 2 atom stereocenters. The van der Waals surface area contributed by atoms with E-state index in [-0.39, 0.29) is 11.8 Å². The largest absolute Gasteiger partial charge is 0.481 e. The minimum atomic E-state index is -0.760. The average Bonchev–Trinajstić information content (AvgIpc) is 2.85. The van der Waals surface area contributed by atoms with Gasteiger partial charge < -0.3 is 14.7 Å². The number of hydrogen-bond acceptors (Lipinski definition) is 3. The van der Waals surface area contributed by atoms with Gasteiger partial charge in [-0.2, -0.15) is 0 Å². The van der Waals surface area contributed by atoms with Crippen LogP contribution in [-0.2, 0) is 14.3 Å². The van der Waals surface area contributed by atoms with Crippen LogP contribution in [-0.4, -0.2) is 48.2 Å². The number of nitrogens with zero attached hydrogens (tertiary/aromatic N) is 1. The number of carboxylic acids is 1. The number of carbonyl (C=O) groups excluding carboxylic acids is 1. The van der Waals surface area contributed by atoms with Gasteiger partial charge in [-0.15, -0.1) is 0 Å². The van der Waals surface area contributed by atoms with E-state index in [1.165, 1.54) is 0 Å². The molecule has 1 amide bonds. The molecule has 2 aliphatic heterocycles. The van der Waals surface area contributed by atoms with Crippen LogP contribution >= 0.6 is 0 Å². The van der Waals surface area contributed by atoms with E-state index in [1.54, 1.807) is 4.90 Å². The van der Waals surface area contributed by atoms with Crippen LogP contribution < -0.4 is 0 Å². The fourth-order valence-electron chi connectivity index (χ4n) is 3.22. The topological polar surface area (TPSA) is 66.8 Å². The third-order valence-electron chi connectivity index (χ3n) is 4.36. The Morgan fingerprint density at radius 1 is 1.47 bits per heavy atom. The number of carbonyl (C=O) groups is 2. The Hall–Kier alpha value is -1.10. The van der Waals surface area contributed by atoms with Crippen molar-refractivity contribution < 1.29 is 19.4 Å². The van der Waals surface area contributed by atoms with E-state index in [2.05, 4.69) is 0 Å². The highest BCUT2D eigenvalue weighted by atomic mass is 16.5. The SMILES string of the molecule is CCCC1(C(=O)O)CCN(C(=O)C2CCCOC2)C1. The average molecular weight is 269 g/mol. The lowest BCUT2D eigenvalue weighted by Crippen LogP contribution is -2.41. The van der Waals surface area contributed by atoms with Crippen molar-refractivity contribution in [3.8, 4) is 0 Å². The van der Waals surface area contributed by atoms with E-state index >= 15 is 0 Å². The van der Waals surface area contributed by atoms with Crippen LogP contribution in [0.3, 0.4) is 0 Å². The highest BCUT2D eigenvalue weighted by Crippen LogP contribution is 2.36. The summed E-state index contributed by atoms with van der Waals surface area (Å²) < 4.78 is 5.35. The molecule has 2 rings (SSSR count). The lowest BCUT2D eigenvalue weighted by atomic mass is 9.83. The number of hydrogen-bond donors (Lipinski definition) is 1. The molecule has 0 aromatic rings. The number of carboxylic acid groups (broad SMARTS) is 1. The molecule has 2 aliphatic rings. The van der Waals surface area contributed by atoms with Gasteiger partial charge in [-0.3, -0.25) is 9.59 Å². The first-order chi connectivity index (χ1) is 9.09. The summed E-state index contributed by atoms with van der Waals surface area (Å²) in [4.78, 5) is 25.6. The van der Waals surface area contributed by atoms with E-state index in [0.717, 1.165) is 25.9 Å². The number of rotatable bonds is 4. The summed E-state index contributed by atoms with van der Waals surface area (Å²) >= 11 is 0. The molecular formula is C14H23NO4. The van der Waals surface area contributed by atoms with Gasteiger partial charge in [0.05, 0.1) is 17.9 Å². The third-order valence-corrected chi connectivity index (χ3v) is 4.36. The summed E-state index contributed by atoms with van der Waals surface area (Å²) in [5.74, 6) is -0.747.